The summed E-state index contributed by atoms with van der Waals surface area (Å²) in [5, 5.41) is 4.75. The standard InChI is InChI=1S/C53H34N2O/c1-3-17-36(18-4-1)54(38-31-32-41-40-22-10-13-27-47(40)55(49(41)34-38)37-19-5-2-6-20-37)48-28-15-26-45-51(48)42-23-9-11-24-43(42)53(45)44-25-12-14-29-50(44)56-52-39-21-8-7-16-35(39)30-33-46(52)53/h1-34H. The highest BCUT2D eigenvalue weighted by Crippen LogP contribution is 2.64. The van der Waals surface area contributed by atoms with Crippen molar-refractivity contribution in [3.8, 4) is 28.3 Å². The highest BCUT2D eigenvalue weighted by molar-refractivity contribution is 6.11. The Morgan fingerprint density at radius 3 is 1.98 bits per heavy atom. The summed E-state index contributed by atoms with van der Waals surface area (Å²) in [5.74, 6) is 1.82. The minimum absolute atomic E-state index is 0.595. The van der Waals surface area contributed by atoms with E-state index in [9.17, 15) is 0 Å². The van der Waals surface area contributed by atoms with E-state index in [4.69, 9.17) is 4.74 Å². The van der Waals surface area contributed by atoms with Crippen molar-refractivity contribution >= 4 is 49.6 Å². The molecule has 9 aromatic carbocycles. The number of ether oxygens (including phenoxy) is 1. The van der Waals surface area contributed by atoms with Gasteiger partial charge in [-0.25, -0.2) is 0 Å². The van der Waals surface area contributed by atoms with Crippen LogP contribution in [0.15, 0.2) is 206 Å². The second-order valence-corrected chi connectivity index (χ2v) is 14.8. The van der Waals surface area contributed by atoms with Crippen molar-refractivity contribution in [1.82, 2.24) is 4.57 Å². The molecule has 1 aromatic heterocycles. The number of fused-ring (bicyclic) bond motifs is 14. The van der Waals surface area contributed by atoms with Crippen molar-refractivity contribution in [3.63, 3.8) is 0 Å². The number of hydrogen-bond acceptors (Lipinski definition) is 2. The van der Waals surface area contributed by atoms with Gasteiger partial charge in [0, 0.05) is 49.9 Å². The van der Waals surface area contributed by atoms with Gasteiger partial charge in [-0.1, -0.05) is 152 Å². The molecule has 1 unspecified atom stereocenters. The van der Waals surface area contributed by atoms with Crippen LogP contribution in [0.5, 0.6) is 11.5 Å². The summed E-state index contributed by atoms with van der Waals surface area (Å²) >= 11 is 0. The number of aromatic nitrogens is 1. The van der Waals surface area contributed by atoms with E-state index in [2.05, 4.69) is 216 Å². The van der Waals surface area contributed by atoms with E-state index >= 15 is 0 Å². The molecule has 1 spiro atoms. The number of benzene rings is 9. The molecule has 12 rings (SSSR count). The lowest BCUT2D eigenvalue weighted by Crippen LogP contribution is -2.32. The third kappa shape index (κ3) is 4.17. The van der Waals surface area contributed by atoms with Gasteiger partial charge < -0.3 is 14.2 Å². The van der Waals surface area contributed by atoms with Crippen LogP contribution >= 0.6 is 0 Å². The average molecular weight is 715 g/mol. The van der Waals surface area contributed by atoms with Crippen LogP contribution in [0, 0.1) is 0 Å². The van der Waals surface area contributed by atoms with Gasteiger partial charge in [0.1, 0.15) is 11.5 Å². The van der Waals surface area contributed by atoms with Gasteiger partial charge in [0.2, 0.25) is 0 Å². The third-order valence-corrected chi connectivity index (χ3v) is 12.0. The summed E-state index contributed by atoms with van der Waals surface area (Å²) in [4.78, 5) is 2.45. The Kier molecular flexibility index (Phi) is 6.55. The number of anilines is 3. The lowest BCUT2D eigenvalue weighted by molar-refractivity contribution is 0.441. The molecular formula is C53H34N2O. The van der Waals surface area contributed by atoms with Gasteiger partial charge in [-0.2, -0.15) is 0 Å². The van der Waals surface area contributed by atoms with Crippen LogP contribution in [-0.4, -0.2) is 4.57 Å². The normalized spacial score (nSPS) is 15.0. The Labute approximate surface area is 324 Å². The molecule has 0 amide bonds. The van der Waals surface area contributed by atoms with Crippen molar-refractivity contribution in [2.45, 2.75) is 5.41 Å². The van der Waals surface area contributed by atoms with Gasteiger partial charge in [0.05, 0.1) is 22.1 Å². The van der Waals surface area contributed by atoms with Gasteiger partial charge >= 0.3 is 0 Å². The Morgan fingerprint density at radius 1 is 0.429 bits per heavy atom. The molecule has 0 saturated carbocycles. The van der Waals surface area contributed by atoms with Crippen molar-refractivity contribution in [2.24, 2.45) is 0 Å². The molecule has 1 aliphatic carbocycles. The lowest BCUT2D eigenvalue weighted by atomic mass is 9.65. The van der Waals surface area contributed by atoms with Crippen LogP contribution in [0.25, 0.3) is 49.4 Å². The molecule has 2 heterocycles. The highest BCUT2D eigenvalue weighted by atomic mass is 16.5. The first-order chi connectivity index (χ1) is 27.8. The van der Waals surface area contributed by atoms with Gasteiger partial charge in [0.25, 0.3) is 0 Å². The fourth-order valence-electron chi connectivity index (χ4n) is 9.80. The number of nitrogens with zero attached hydrogens (tertiary/aromatic N) is 2. The van der Waals surface area contributed by atoms with Crippen LogP contribution in [0.1, 0.15) is 22.3 Å². The zero-order valence-corrected chi connectivity index (χ0v) is 30.4. The quantitative estimate of drug-likeness (QED) is 0.181. The molecule has 0 radical (unpaired) electrons. The first-order valence-corrected chi connectivity index (χ1v) is 19.3. The van der Waals surface area contributed by atoms with Crippen LogP contribution < -0.4 is 9.64 Å². The Balaban J connectivity index is 1.17. The van der Waals surface area contributed by atoms with Crippen molar-refractivity contribution in [2.75, 3.05) is 4.90 Å². The maximum Gasteiger partial charge on any atom is 0.140 e. The van der Waals surface area contributed by atoms with E-state index in [-0.39, 0.29) is 0 Å². The van der Waals surface area contributed by atoms with Crippen LogP contribution in [0.3, 0.4) is 0 Å². The van der Waals surface area contributed by atoms with Crippen LogP contribution in [0.2, 0.25) is 0 Å². The van der Waals surface area contributed by atoms with E-state index in [1.807, 2.05) is 0 Å². The van der Waals surface area contributed by atoms with E-state index in [1.54, 1.807) is 0 Å². The smallest absolute Gasteiger partial charge is 0.140 e. The largest absolute Gasteiger partial charge is 0.456 e. The van der Waals surface area contributed by atoms with Gasteiger partial charge in [-0.05, 0) is 76.7 Å². The maximum absolute atomic E-state index is 6.92. The molecule has 0 bridgehead atoms. The second-order valence-electron chi connectivity index (χ2n) is 14.8. The average Bonchev–Trinajstić information content (AvgIpc) is 3.75. The number of hydrogen-bond donors (Lipinski definition) is 0. The molecule has 1 aliphatic heterocycles. The van der Waals surface area contributed by atoms with E-state index in [0.717, 1.165) is 45.2 Å². The van der Waals surface area contributed by atoms with Gasteiger partial charge in [-0.3, -0.25) is 0 Å². The third-order valence-electron chi connectivity index (χ3n) is 12.0. The van der Waals surface area contributed by atoms with Crippen molar-refractivity contribution in [1.29, 1.82) is 0 Å². The number of para-hydroxylation sites is 4. The first-order valence-electron chi connectivity index (χ1n) is 19.3. The molecule has 0 saturated heterocycles. The second kappa shape index (κ2) is 11.8. The SMILES string of the molecule is c1ccc(N(c2ccc3c4ccccc4n(-c4ccccc4)c3c2)c2cccc3c2-c2ccccc2C32c3ccccc3Oc3c2ccc2ccccc32)cc1. The molecule has 3 nitrogen and oxygen atoms in total. The summed E-state index contributed by atoms with van der Waals surface area (Å²) in [6, 6.07) is 74.9. The molecular weight excluding hydrogens is 681 g/mol. The predicted octanol–water partition coefficient (Wildman–Crippen LogP) is 13.9. The van der Waals surface area contributed by atoms with Crippen molar-refractivity contribution < 1.29 is 4.74 Å². The Morgan fingerprint density at radius 2 is 1.11 bits per heavy atom. The fraction of sp³-hybridized carbons (Fsp3) is 0.0189. The maximum atomic E-state index is 6.92. The zero-order chi connectivity index (χ0) is 36.8. The topological polar surface area (TPSA) is 17.4 Å². The van der Waals surface area contributed by atoms with Gasteiger partial charge in [0.15, 0.2) is 0 Å². The summed E-state index contributed by atoms with van der Waals surface area (Å²) in [7, 11) is 0. The summed E-state index contributed by atoms with van der Waals surface area (Å²) in [6.45, 7) is 0. The summed E-state index contributed by atoms with van der Waals surface area (Å²) < 4.78 is 9.32. The molecule has 0 N–H and O–H groups in total. The lowest BCUT2D eigenvalue weighted by Gasteiger charge is -2.40. The van der Waals surface area contributed by atoms with Crippen molar-refractivity contribution in [3.05, 3.63) is 229 Å². The highest BCUT2D eigenvalue weighted by Gasteiger charge is 2.52. The summed E-state index contributed by atoms with van der Waals surface area (Å²) in [6.07, 6.45) is 0. The van der Waals surface area contributed by atoms with E-state index < -0.39 is 5.41 Å². The number of rotatable bonds is 4. The van der Waals surface area contributed by atoms with E-state index in [0.29, 0.717) is 0 Å². The minimum Gasteiger partial charge on any atom is -0.456 e. The Bertz CT molecular complexity index is 3180. The Hall–Kier alpha value is -7.36. The molecule has 10 aromatic rings. The molecule has 3 heteroatoms. The van der Waals surface area contributed by atoms with Crippen LogP contribution in [0.4, 0.5) is 17.1 Å². The fourth-order valence-corrected chi connectivity index (χ4v) is 9.80. The molecule has 0 fully saturated rings. The van der Waals surface area contributed by atoms with Crippen LogP contribution in [-0.2, 0) is 5.41 Å². The minimum atomic E-state index is -0.595. The predicted molar refractivity (Wildman–Crippen MR) is 230 cm³/mol. The summed E-state index contributed by atoms with van der Waals surface area (Å²) in [5.41, 5.74) is 13.5. The molecule has 2 aliphatic rings. The zero-order valence-electron chi connectivity index (χ0n) is 30.4. The van der Waals surface area contributed by atoms with Gasteiger partial charge in [-0.15, -0.1) is 0 Å². The first kappa shape index (κ1) is 31.0. The molecule has 262 valence electrons. The monoisotopic (exact) mass is 714 g/mol. The molecule has 56 heavy (non-hydrogen) atoms. The van der Waals surface area contributed by atoms with E-state index in [1.165, 1.54) is 55.0 Å². The molecule has 1 atom stereocenters.